The quantitative estimate of drug-likeness (QED) is 0.681. The number of H-pyrrole nitrogens is 1. The Balaban J connectivity index is 2.13. The van der Waals surface area contributed by atoms with Crippen molar-refractivity contribution in [2.75, 3.05) is 0 Å². The number of carbonyl (C=O) groups excluding carboxylic acids is 1. The van der Waals surface area contributed by atoms with E-state index in [0.29, 0.717) is 21.2 Å². The van der Waals surface area contributed by atoms with Crippen LogP contribution in [-0.2, 0) is 0 Å². The Hall–Kier alpha value is -1.77. The zero-order valence-electron chi connectivity index (χ0n) is 9.78. The molecule has 0 saturated heterocycles. The maximum absolute atomic E-state index is 12.5. The molecule has 0 radical (unpaired) electrons. The van der Waals surface area contributed by atoms with Gasteiger partial charge in [-0.15, -0.1) is 0 Å². The summed E-state index contributed by atoms with van der Waals surface area (Å²) < 4.78 is 0. The summed E-state index contributed by atoms with van der Waals surface area (Å²) in [7, 11) is 0. The molecule has 0 aliphatic rings. The predicted molar refractivity (Wildman–Crippen MR) is 78.2 cm³/mol. The smallest absolute Gasteiger partial charge is 0.195 e. The van der Waals surface area contributed by atoms with E-state index in [4.69, 9.17) is 23.2 Å². The number of carbonyl (C=O) groups is 1. The highest BCUT2D eigenvalue weighted by atomic mass is 35.5. The highest BCUT2D eigenvalue weighted by Crippen LogP contribution is 2.24. The van der Waals surface area contributed by atoms with Crippen LogP contribution >= 0.6 is 23.2 Å². The number of rotatable bonds is 2. The summed E-state index contributed by atoms with van der Waals surface area (Å²) in [4.78, 5) is 15.6. The fourth-order valence-corrected chi connectivity index (χ4v) is 2.63. The lowest BCUT2D eigenvalue weighted by Gasteiger charge is -2.02. The van der Waals surface area contributed by atoms with Gasteiger partial charge >= 0.3 is 0 Å². The highest BCUT2D eigenvalue weighted by molar-refractivity contribution is 6.35. The third-order valence-electron chi connectivity index (χ3n) is 2.96. The van der Waals surface area contributed by atoms with E-state index in [9.17, 15) is 4.79 Å². The lowest BCUT2D eigenvalue weighted by molar-refractivity contribution is 0.104. The standard InChI is InChI=1S/C15H9Cl2NO/c16-10-5-9(6-11(17)7-10)15(19)13-8-18-14-4-2-1-3-12(13)14/h1-8,18H. The van der Waals surface area contributed by atoms with Crippen molar-refractivity contribution in [3.63, 3.8) is 0 Å². The molecule has 2 aromatic carbocycles. The van der Waals surface area contributed by atoms with E-state index in [1.54, 1.807) is 24.4 Å². The minimum atomic E-state index is -0.0955. The Morgan fingerprint density at radius 1 is 1.00 bits per heavy atom. The second kappa shape index (κ2) is 4.72. The molecule has 1 N–H and O–H groups in total. The van der Waals surface area contributed by atoms with Crippen LogP contribution in [-0.4, -0.2) is 10.8 Å². The molecule has 0 bridgehead atoms. The van der Waals surface area contributed by atoms with E-state index in [1.807, 2.05) is 24.3 Å². The molecule has 2 nitrogen and oxygen atoms in total. The molecule has 1 heterocycles. The summed E-state index contributed by atoms with van der Waals surface area (Å²) in [5.74, 6) is -0.0955. The van der Waals surface area contributed by atoms with Crippen molar-refractivity contribution in [1.29, 1.82) is 0 Å². The van der Waals surface area contributed by atoms with Gasteiger partial charge in [0.05, 0.1) is 0 Å². The molecular weight excluding hydrogens is 281 g/mol. The average molecular weight is 290 g/mol. The molecule has 0 unspecified atom stereocenters. The van der Waals surface area contributed by atoms with Crippen molar-refractivity contribution in [2.24, 2.45) is 0 Å². The van der Waals surface area contributed by atoms with Crippen molar-refractivity contribution in [3.05, 3.63) is 69.8 Å². The maximum Gasteiger partial charge on any atom is 0.195 e. The van der Waals surface area contributed by atoms with Crippen LogP contribution in [0.5, 0.6) is 0 Å². The van der Waals surface area contributed by atoms with Crippen molar-refractivity contribution in [1.82, 2.24) is 4.98 Å². The summed E-state index contributed by atoms with van der Waals surface area (Å²) in [6.45, 7) is 0. The van der Waals surface area contributed by atoms with Gasteiger partial charge in [0, 0.05) is 38.3 Å². The molecule has 19 heavy (non-hydrogen) atoms. The van der Waals surface area contributed by atoms with Gasteiger partial charge in [0.15, 0.2) is 5.78 Å². The van der Waals surface area contributed by atoms with E-state index in [-0.39, 0.29) is 5.78 Å². The monoisotopic (exact) mass is 289 g/mol. The second-order valence-corrected chi connectivity index (χ2v) is 5.11. The Morgan fingerprint density at radius 3 is 2.42 bits per heavy atom. The van der Waals surface area contributed by atoms with Crippen molar-refractivity contribution >= 4 is 39.9 Å². The average Bonchev–Trinajstić information content (AvgIpc) is 2.80. The largest absolute Gasteiger partial charge is 0.360 e. The normalized spacial score (nSPS) is 10.8. The number of hydrogen-bond donors (Lipinski definition) is 1. The van der Waals surface area contributed by atoms with Crippen LogP contribution in [0.2, 0.25) is 10.0 Å². The number of ketones is 1. The molecule has 4 heteroatoms. The fraction of sp³-hybridized carbons (Fsp3) is 0. The minimum absolute atomic E-state index is 0.0955. The summed E-state index contributed by atoms with van der Waals surface area (Å²) in [5, 5.41) is 1.80. The summed E-state index contributed by atoms with van der Waals surface area (Å²) in [5.41, 5.74) is 2.04. The lowest BCUT2D eigenvalue weighted by Crippen LogP contribution is -2.00. The van der Waals surface area contributed by atoms with Crippen molar-refractivity contribution in [2.45, 2.75) is 0 Å². The SMILES string of the molecule is O=C(c1cc(Cl)cc(Cl)c1)c1c[nH]c2ccccc12. The minimum Gasteiger partial charge on any atom is -0.360 e. The van der Waals surface area contributed by atoms with Crippen molar-refractivity contribution in [3.8, 4) is 0 Å². The van der Waals surface area contributed by atoms with Gasteiger partial charge < -0.3 is 4.98 Å². The first-order valence-corrected chi connectivity index (χ1v) is 6.47. The molecule has 0 aliphatic heterocycles. The number of halogens is 2. The zero-order chi connectivity index (χ0) is 13.4. The van der Waals surface area contributed by atoms with Gasteiger partial charge in [0.2, 0.25) is 0 Å². The number of nitrogens with one attached hydrogen (secondary N) is 1. The Labute approximate surface area is 120 Å². The molecule has 0 saturated carbocycles. The second-order valence-electron chi connectivity index (χ2n) is 4.24. The van der Waals surface area contributed by atoms with E-state index in [2.05, 4.69) is 4.98 Å². The topological polar surface area (TPSA) is 32.9 Å². The van der Waals surface area contributed by atoms with Gasteiger partial charge in [-0.2, -0.15) is 0 Å². The third-order valence-corrected chi connectivity index (χ3v) is 3.40. The van der Waals surface area contributed by atoms with E-state index >= 15 is 0 Å². The Kier molecular flexibility index (Phi) is 3.05. The van der Waals surface area contributed by atoms with Crippen LogP contribution in [0.1, 0.15) is 15.9 Å². The molecule has 3 rings (SSSR count). The molecule has 0 spiro atoms. The van der Waals surface area contributed by atoms with Crippen LogP contribution in [0.4, 0.5) is 0 Å². The van der Waals surface area contributed by atoms with Gasteiger partial charge in [-0.3, -0.25) is 4.79 Å². The van der Waals surface area contributed by atoms with Gasteiger partial charge in [0.25, 0.3) is 0 Å². The van der Waals surface area contributed by atoms with Gasteiger partial charge in [0.1, 0.15) is 0 Å². The van der Waals surface area contributed by atoms with Crippen LogP contribution < -0.4 is 0 Å². The zero-order valence-corrected chi connectivity index (χ0v) is 11.3. The molecule has 0 fully saturated rings. The van der Waals surface area contributed by atoms with Crippen LogP contribution in [0.25, 0.3) is 10.9 Å². The Morgan fingerprint density at radius 2 is 1.68 bits per heavy atom. The molecular formula is C15H9Cl2NO. The molecule has 0 atom stereocenters. The number of aromatic nitrogens is 1. The first kappa shape index (κ1) is 12.3. The molecule has 3 aromatic rings. The molecule has 0 aliphatic carbocycles. The fourth-order valence-electron chi connectivity index (χ4n) is 2.10. The van der Waals surface area contributed by atoms with Gasteiger partial charge in [-0.25, -0.2) is 0 Å². The first-order chi connectivity index (χ1) is 9.15. The summed E-state index contributed by atoms with van der Waals surface area (Å²) >= 11 is 11.9. The Bertz CT molecular complexity index is 756. The van der Waals surface area contributed by atoms with Crippen LogP contribution in [0.15, 0.2) is 48.7 Å². The van der Waals surface area contributed by atoms with Crippen molar-refractivity contribution < 1.29 is 4.79 Å². The predicted octanol–water partition coefficient (Wildman–Crippen LogP) is 4.71. The van der Waals surface area contributed by atoms with Gasteiger partial charge in [-0.1, -0.05) is 41.4 Å². The summed E-state index contributed by atoms with van der Waals surface area (Å²) in [6.07, 6.45) is 1.71. The number of benzene rings is 2. The summed E-state index contributed by atoms with van der Waals surface area (Å²) in [6, 6.07) is 12.5. The number of hydrogen-bond acceptors (Lipinski definition) is 1. The van der Waals surface area contributed by atoms with Gasteiger partial charge in [-0.05, 0) is 24.3 Å². The highest BCUT2D eigenvalue weighted by Gasteiger charge is 2.14. The number of fused-ring (bicyclic) bond motifs is 1. The van der Waals surface area contributed by atoms with E-state index in [0.717, 1.165) is 10.9 Å². The third kappa shape index (κ3) is 2.25. The molecule has 0 amide bonds. The number of para-hydroxylation sites is 1. The van der Waals surface area contributed by atoms with Crippen LogP contribution in [0, 0.1) is 0 Å². The first-order valence-electron chi connectivity index (χ1n) is 5.72. The maximum atomic E-state index is 12.5. The number of aromatic amines is 1. The van der Waals surface area contributed by atoms with Crippen LogP contribution in [0.3, 0.4) is 0 Å². The van der Waals surface area contributed by atoms with E-state index < -0.39 is 0 Å². The molecule has 1 aromatic heterocycles. The lowest BCUT2D eigenvalue weighted by atomic mass is 10.0. The van der Waals surface area contributed by atoms with E-state index in [1.165, 1.54) is 0 Å². The molecule has 94 valence electrons.